The molecular formula is C18H22ClN3. The van der Waals surface area contributed by atoms with Gasteiger partial charge in [0.05, 0.1) is 0 Å². The number of piperidine rings is 1. The van der Waals surface area contributed by atoms with Gasteiger partial charge >= 0.3 is 0 Å². The van der Waals surface area contributed by atoms with Crippen molar-refractivity contribution in [3.8, 4) is 0 Å². The Kier molecular flexibility index (Phi) is 4.96. The summed E-state index contributed by atoms with van der Waals surface area (Å²) in [5.41, 5.74) is 1.30. The fourth-order valence-electron chi connectivity index (χ4n) is 3.11. The standard InChI is InChI=1S/C18H22ClN3/c1-21(18-7-2-3-10-20-18)17-8-11-22(12-9-17)14-15-5-4-6-16(19)13-15/h2-7,10,13,17H,8-9,11-12,14H2,1H3. The van der Waals surface area contributed by atoms with Crippen LogP contribution in [0, 0.1) is 0 Å². The summed E-state index contributed by atoms with van der Waals surface area (Å²) in [5.74, 6) is 1.07. The molecule has 1 aromatic heterocycles. The van der Waals surface area contributed by atoms with Gasteiger partial charge in [-0.1, -0.05) is 29.8 Å². The van der Waals surface area contributed by atoms with Crippen molar-refractivity contribution in [2.45, 2.75) is 25.4 Å². The van der Waals surface area contributed by atoms with E-state index >= 15 is 0 Å². The lowest BCUT2D eigenvalue weighted by Gasteiger charge is -2.37. The lowest BCUT2D eigenvalue weighted by atomic mass is 10.0. The van der Waals surface area contributed by atoms with Crippen LogP contribution in [0.4, 0.5) is 5.82 Å². The van der Waals surface area contributed by atoms with Gasteiger partial charge in [-0.15, -0.1) is 0 Å². The Hall–Kier alpha value is -1.58. The number of hydrogen-bond acceptors (Lipinski definition) is 3. The lowest BCUT2D eigenvalue weighted by Crippen LogP contribution is -2.43. The summed E-state index contributed by atoms with van der Waals surface area (Å²) < 4.78 is 0. The normalized spacial score (nSPS) is 16.6. The zero-order valence-corrected chi connectivity index (χ0v) is 13.7. The van der Waals surface area contributed by atoms with E-state index in [1.807, 2.05) is 30.5 Å². The molecule has 4 heteroatoms. The van der Waals surface area contributed by atoms with E-state index < -0.39 is 0 Å². The fraction of sp³-hybridized carbons (Fsp3) is 0.389. The number of rotatable bonds is 4. The maximum absolute atomic E-state index is 6.06. The molecule has 3 nitrogen and oxygen atoms in total. The number of anilines is 1. The first-order valence-electron chi connectivity index (χ1n) is 7.83. The summed E-state index contributed by atoms with van der Waals surface area (Å²) >= 11 is 6.06. The number of benzene rings is 1. The quantitative estimate of drug-likeness (QED) is 0.854. The van der Waals surface area contributed by atoms with Crippen molar-refractivity contribution in [1.82, 2.24) is 9.88 Å². The van der Waals surface area contributed by atoms with Gasteiger partial charge in [-0.25, -0.2) is 4.98 Å². The van der Waals surface area contributed by atoms with Crippen molar-refractivity contribution in [3.05, 3.63) is 59.2 Å². The fourth-order valence-corrected chi connectivity index (χ4v) is 3.32. The predicted octanol–water partition coefficient (Wildman–Crippen LogP) is 3.84. The molecule has 1 aliphatic heterocycles. The summed E-state index contributed by atoms with van der Waals surface area (Å²) in [6.07, 6.45) is 4.21. The Bertz CT molecular complexity index is 594. The summed E-state index contributed by atoms with van der Waals surface area (Å²) in [5, 5.41) is 0.822. The topological polar surface area (TPSA) is 19.4 Å². The first-order chi connectivity index (χ1) is 10.7. The van der Waals surface area contributed by atoms with Crippen LogP contribution >= 0.6 is 11.6 Å². The highest BCUT2D eigenvalue weighted by Gasteiger charge is 2.23. The predicted molar refractivity (Wildman–Crippen MR) is 92.4 cm³/mol. The Labute approximate surface area is 137 Å². The smallest absolute Gasteiger partial charge is 0.128 e. The maximum Gasteiger partial charge on any atom is 0.128 e. The SMILES string of the molecule is CN(c1ccccn1)C1CCN(Cc2cccc(Cl)c2)CC1. The third kappa shape index (κ3) is 3.79. The lowest BCUT2D eigenvalue weighted by molar-refractivity contribution is 0.203. The van der Waals surface area contributed by atoms with E-state index in [2.05, 4.69) is 40.0 Å². The highest BCUT2D eigenvalue weighted by atomic mass is 35.5. The van der Waals surface area contributed by atoms with Gasteiger partial charge in [0, 0.05) is 43.9 Å². The molecule has 2 aromatic rings. The molecule has 3 rings (SSSR count). The second-order valence-corrected chi connectivity index (χ2v) is 6.37. The molecule has 0 N–H and O–H groups in total. The van der Waals surface area contributed by atoms with Gasteiger partial charge in [-0.05, 0) is 42.7 Å². The molecule has 116 valence electrons. The average molecular weight is 316 g/mol. The van der Waals surface area contributed by atoms with Crippen LogP contribution in [0.3, 0.4) is 0 Å². The first kappa shape index (κ1) is 15.3. The number of pyridine rings is 1. The van der Waals surface area contributed by atoms with E-state index in [9.17, 15) is 0 Å². The zero-order valence-electron chi connectivity index (χ0n) is 13.0. The Morgan fingerprint density at radius 1 is 1.18 bits per heavy atom. The van der Waals surface area contributed by atoms with E-state index in [-0.39, 0.29) is 0 Å². The average Bonchev–Trinajstić information content (AvgIpc) is 2.56. The number of likely N-dealkylation sites (tertiary alicyclic amines) is 1. The van der Waals surface area contributed by atoms with Crippen LogP contribution in [0.5, 0.6) is 0 Å². The molecule has 1 aliphatic rings. The van der Waals surface area contributed by atoms with Gasteiger partial charge in [0.2, 0.25) is 0 Å². The molecule has 0 radical (unpaired) electrons. The van der Waals surface area contributed by atoms with E-state index in [1.165, 1.54) is 18.4 Å². The minimum absolute atomic E-state index is 0.575. The highest BCUT2D eigenvalue weighted by molar-refractivity contribution is 6.30. The molecule has 0 spiro atoms. The maximum atomic E-state index is 6.06. The number of aromatic nitrogens is 1. The molecule has 0 saturated carbocycles. The van der Waals surface area contributed by atoms with Gasteiger partial charge in [-0.3, -0.25) is 4.90 Å². The third-order valence-electron chi connectivity index (χ3n) is 4.41. The molecule has 1 saturated heterocycles. The largest absolute Gasteiger partial charge is 0.357 e. The van der Waals surface area contributed by atoms with Crippen LogP contribution in [-0.4, -0.2) is 36.1 Å². The van der Waals surface area contributed by atoms with Crippen LogP contribution in [0.25, 0.3) is 0 Å². The number of nitrogens with zero attached hydrogens (tertiary/aromatic N) is 3. The summed E-state index contributed by atoms with van der Waals surface area (Å²) in [7, 11) is 2.15. The molecule has 0 atom stereocenters. The number of halogens is 1. The monoisotopic (exact) mass is 315 g/mol. The van der Waals surface area contributed by atoms with Gasteiger partial charge < -0.3 is 4.90 Å². The van der Waals surface area contributed by atoms with E-state index in [4.69, 9.17) is 11.6 Å². The van der Waals surface area contributed by atoms with Crippen LogP contribution < -0.4 is 4.90 Å². The minimum Gasteiger partial charge on any atom is -0.357 e. The minimum atomic E-state index is 0.575. The molecule has 0 unspecified atom stereocenters. The van der Waals surface area contributed by atoms with Crippen LogP contribution in [0.1, 0.15) is 18.4 Å². The molecule has 0 aliphatic carbocycles. The van der Waals surface area contributed by atoms with Crippen molar-refractivity contribution in [3.63, 3.8) is 0 Å². The van der Waals surface area contributed by atoms with E-state index in [0.717, 1.165) is 30.5 Å². The molecule has 2 heterocycles. The van der Waals surface area contributed by atoms with Crippen LogP contribution in [0.15, 0.2) is 48.7 Å². The van der Waals surface area contributed by atoms with Crippen molar-refractivity contribution in [1.29, 1.82) is 0 Å². The molecular weight excluding hydrogens is 294 g/mol. The summed E-state index contributed by atoms with van der Waals surface area (Å²) in [6.45, 7) is 3.23. The molecule has 1 aromatic carbocycles. The first-order valence-corrected chi connectivity index (χ1v) is 8.21. The van der Waals surface area contributed by atoms with Gasteiger partial charge in [0.15, 0.2) is 0 Å². The summed E-state index contributed by atoms with van der Waals surface area (Å²) in [4.78, 5) is 9.27. The van der Waals surface area contributed by atoms with Crippen LogP contribution in [0.2, 0.25) is 5.02 Å². The van der Waals surface area contributed by atoms with Crippen molar-refractivity contribution >= 4 is 17.4 Å². The van der Waals surface area contributed by atoms with Crippen molar-refractivity contribution in [2.24, 2.45) is 0 Å². The van der Waals surface area contributed by atoms with Crippen molar-refractivity contribution < 1.29 is 0 Å². The Balaban J connectivity index is 1.54. The van der Waals surface area contributed by atoms with Crippen LogP contribution in [-0.2, 0) is 6.54 Å². The third-order valence-corrected chi connectivity index (χ3v) is 4.65. The summed E-state index contributed by atoms with van der Waals surface area (Å²) in [6, 6.07) is 14.8. The van der Waals surface area contributed by atoms with Crippen molar-refractivity contribution in [2.75, 3.05) is 25.0 Å². The van der Waals surface area contributed by atoms with Gasteiger partial charge in [0.1, 0.15) is 5.82 Å². The Morgan fingerprint density at radius 2 is 2.00 bits per heavy atom. The zero-order chi connectivity index (χ0) is 15.4. The molecule has 1 fully saturated rings. The Morgan fingerprint density at radius 3 is 2.68 bits per heavy atom. The highest BCUT2D eigenvalue weighted by Crippen LogP contribution is 2.22. The molecule has 0 amide bonds. The second kappa shape index (κ2) is 7.12. The number of hydrogen-bond donors (Lipinski definition) is 0. The van der Waals surface area contributed by atoms with E-state index in [0.29, 0.717) is 6.04 Å². The molecule has 0 bridgehead atoms. The molecule has 22 heavy (non-hydrogen) atoms. The van der Waals surface area contributed by atoms with Gasteiger partial charge in [0.25, 0.3) is 0 Å². The van der Waals surface area contributed by atoms with Gasteiger partial charge in [-0.2, -0.15) is 0 Å². The second-order valence-electron chi connectivity index (χ2n) is 5.94. The van der Waals surface area contributed by atoms with E-state index in [1.54, 1.807) is 0 Å².